The number of aliphatic imine (C=N–C) groups is 1. The molecule has 0 spiro atoms. The summed E-state index contributed by atoms with van der Waals surface area (Å²) in [6.07, 6.45) is 1.83. The summed E-state index contributed by atoms with van der Waals surface area (Å²) in [6, 6.07) is 4.06. The number of piperidine rings is 1. The summed E-state index contributed by atoms with van der Waals surface area (Å²) in [5.41, 5.74) is 0. The van der Waals surface area contributed by atoms with E-state index in [0.29, 0.717) is 23.0 Å². The second-order valence-corrected chi connectivity index (χ2v) is 8.80. The average molecular weight is 545 g/mol. The maximum Gasteiger partial charge on any atom is 0.191 e. The smallest absolute Gasteiger partial charge is 0.191 e. The number of ether oxygens (including phenoxy) is 1. The van der Waals surface area contributed by atoms with Crippen LogP contribution in [0.15, 0.2) is 17.1 Å². The van der Waals surface area contributed by atoms with Crippen LogP contribution in [-0.4, -0.2) is 67.4 Å². The molecule has 2 rings (SSSR count). The first-order chi connectivity index (χ1) is 13.0. The zero-order valence-electron chi connectivity index (χ0n) is 17.0. The Morgan fingerprint density at radius 3 is 2.68 bits per heavy atom. The third-order valence-corrected chi connectivity index (χ3v) is 5.81. The fraction of sp³-hybridized carbons (Fsp3) is 0.737. The Morgan fingerprint density at radius 1 is 1.39 bits per heavy atom. The van der Waals surface area contributed by atoms with Gasteiger partial charge in [-0.2, -0.15) is 0 Å². The number of aliphatic hydroxyl groups is 1. The largest absolute Gasteiger partial charge is 0.386 e. The van der Waals surface area contributed by atoms with Crippen molar-refractivity contribution in [1.82, 2.24) is 15.5 Å². The van der Waals surface area contributed by atoms with Crippen LogP contribution in [0.4, 0.5) is 0 Å². The number of nitrogens with zero attached hydrogens (tertiary/aromatic N) is 2. The summed E-state index contributed by atoms with van der Waals surface area (Å²) < 4.78 is 6.33. The molecule has 3 N–H and O–H groups in total. The highest BCUT2D eigenvalue weighted by Gasteiger charge is 2.20. The van der Waals surface area contributed by atoms with Gasteiger partial charge in [0.1, 0.15) is 6.10 Å². The van der Waals surface area contributed by atoms with Gasteiger partial charge in [-0.05, 0) is 45.7 Å². The van der Waals surface area contributed by atoms with E-state index in [1.807, 2.05) is 13.0 Å². The van der Waals surface area contributed by atoms with Crippen molar-refractivity contribution < 1.29 is 9.84 Å². The van der Waals surface area contributed by atoms with Crippen LogP contribution >= 0.6 is 46.9 Å². The van der Waals surface area contributed by atoms with Gasteiger partial charge in [-0.1, -0.05) is 11.6 Å². The van der Waals surface area contributed by atoms with Crippen molar-refractivity contribution in [2.75, 3.05) is 39.3 Å². The van der Waals surface area contributed by atoms with E-state index in [9.17, 15) is 5.11 Å². The van der Waals surface area contributed by atoms with Crippen molar-refractivity contribution in [2.24, 2.45) is 4.99 Å². The molecule has 1 fully saturated rings. The summed E-state index contributed by atoms with van der Waals surface area (Å²) in [6.45, 7) is 11.2. The zero-order chi connectivity index (χ0) is 19.6. The Bertz CT molecular complexity index is 580. The molecular formula is C19H34ClIN4O2S. The first-order valence-corrected chi connectivity index (χ1v) is 11.0. The van der Waals surface area contributed by atoms with Gasteiger partial charge in [0.25, 0.3) is 0 Å². The van der Waals surface area contributed by atoms with Gasteiger partial charge in [-0.3, -0.25) is 4.99 Å². The summed E-state index contributed by atoms with van der Waals surface area (Å²) in [5, 5.41) is 17.1. The Kier molecular flexibility index (Phi) is 12.9. The second-order valence-electron chi connectivity index (χ2n) is 7.06. The topological polar surface area (TPSA) is 69.1 Å². The van der Waals surface area contributed by atoms with E-state index in [2.05, 4.69) is 34.4 Å². The minimum Gasteiger partial charge on any atom is -0.386 e. The predicted molar refractivity (Wildman–Crippen MR) is 129 cm³/mol. The Balaban J connectivity index is 0.00000392. The second kappa shape index (κ2) is 14.0. The van der Waals surface area contributed by atoms with Crippen molar-refractivity contribution in [1.29, 1.82) is 0 Å². The van der Waals surface area contributed by atoms with E-state index in [-0.39, 0.29) is 24.0 Å². The molecule has 0 amide bonds. The van der Waals surface area contributed by atoms with Crippen molar-refractivity contribution in [2.45, 2.75) is 51.9 Å². The maximum atomic E-state index is 10.3. The van der Waals surface area contributed by atoms with E-state index < -0.39 is 6.10 Å². The Hall–Kier alpha value is -0.130. The van der Waals surface area contributed by atoms with E-state index in [4.69, 9.17) is 16.3 Å². The van der Waals surface area contributed by atoms with Gasteiger partial charge in [-0.15, -0.1) is 35.3 Å². The van der Waals surface area contributed by atoms with E-state index in [1.165, 1.54) is 11.3 Å². The molecule has 9 heteroatoms. The molecule has 1 aromatic heterocycles. The zero-order valence-corrected chi connectivity index (χ0v) is 20.9. The standard InChI is InChI=1S/C19H33ClN4O2S.HI/c1-4-21-19(22-13-16(25)17-5-6-18(20)27-17)23-15-7-9-24(10-8-15)11-12-26-14(2)3;/h5-6,14-16,25H,4,7-13H2,1-3H3,(H2,21,22,23);1H. The number of nitrogens with one attached hydrogen (secondary N) is 2. The van der Waals surface area contributed by atoms with Crippen LogP contribution in [0.3, 0.4) is 0 Å². The molecule has 28 heavy (non-hydrogen) atoms. The highest BCUT2D eigenvalue weighted by molar-refractivity contribution is 14.0. The molecule has 6 nitrogen and oxygen atoms in total. The summed E-state index contributed by atoms with van der Waals surface area (Å²) in [7, 11) is 0. The van der Waals surface area contributed by atoms with Crippen LogP contribution < -0.4 is 10.6 Å². The lowest BCUT2D eigenvalue weighted by Crippen LogP contribution is -2.49. The molecular weight excluding hydrogens is 511 g/mol. The maximum absolute atomic E-state index is 10.3. The van der Waals surface area contributed by atoms with Crippen LogP contribution in [0.1, 0.15) is 44.6 Å². The van der Waals surface area contributed by atoms with Gasteiger partial charge in [-0.25, -0.2) is 0 Å². The lowest BCUT2D eigenvalue weighted by molar-refractivity contribution is 0.0532. The van der Waals surface area contributed by atoms with E-state index in [1.54, 1.807) is 6.07 Å². The number of hydrogen-bond donors (Lipinski definition) is 3. The minimum atomic E-state index is -0.624. The van der Waals surface area contributed by atoms with Crippen LogP contribution in [0.25, 0.3) is 0 Å². The average Bonchev–Trinajstić information content (AvgIpc) is 3.07. The molecule has 1 unspecified atom stereocenters. The minimum absolute atomic E-state index is 0. The first-order valence-electron chi connectivity index (χ1n) is 9.80. The lowest BCUT2D eigenvalue weighted by Gasteiger charge is -2.33. The molecule has 1 saturated heterocycles. The number of thiophene rings is 1. The molecule has 0 bridgehead atoms. The Labute approximate surface area is 195 Å². The quantitative estimate of drug-likeness (QED) is 0.252. The molecule has 1 aliphatic heterocycles. The van der Waals surface area contributed by atoms with Gasteiger partial charge in [0, 0.05) is 37.1 Å². The molecule has 0 saturated carbocycles. The van der Waals surface area contributed by atoms with Crippen LogP contribution in [-0.2, 0) is 4.74 Å². The van der Waals surface area contributed by atoms with E-state index >= 15 is 0 Å². The van der Waals surface area contributed by atoms with Crippen molar-refractivity contribution >= 4 is 52.9 Å². The van der Waals surface area contributed by atoms with Crippen LogP contribution in [0.2, 0.25) is 4.34 Å². The monoisotopic (exact) mass is 544 g/mol. The fourth-order valence-electron chi connectivity index (χ4n) is 3.01. The molecule has 0 aliphatic carbocycles. The predicted octanol–water partition coefficient (Wildman–Crippen LogP) is 3.50. The third-order valence-electron chi connectivity index (χ3n) is 4.48. The molecule has 0 radical (unpaired) electrons. The number of hydrogen-bond acceptors (Lipinski definition) is 5. The fourth-order valence-corrected chi connectivity index (χ4v) is 4.05. The molecule has 1 aliphatic rings. The van der Waals surface area contributed by atoms with Gasteiger partial charge >= 0.3 is 0 Å². The van der Waals surface area contributed by atoms with Crippen molar-refractivity contribution in [3.05, 3.63) is 21.3 Å². The Morgan fingerprint density at radius 2 is 2.11 bits per heavy atom. The van der Waals surface area contributed by atoms with Crippen molar-refractivity contribution in [3.8, 4) is 0 Å². The SMILES string of the molecule is CCNC(=NCC(O)c1ccc(Cl)s1)NC1CCN(CCOC(C)C)CC1.I. The van der Waals surface area contributed by atoms with E-state index in [0.717, 1.165) is 56.5 Å². The molecule has 1 aromatic rings. The third kappa shape index (κ3) is 9.58. The molecule has 1 atom stereocenters. The van der Waals surface area contributed by atoms with Crippen molar-refractivity contribution in [3.63, 3.8) is 0 Å². The number of likely N-dealkylation sites (tertiary alicyclic amines) is 1. The number of guanidine groups is 1. The molecule has 2 heterocycles. The van der Waals surface area contributed by atoms with Gasteiger partial charge in [0.15, 0.2) is 5.96 Å². The summed E-state index contributed by atoms with van der Waals surface area (Å²) >= 11 is 7.33. The lowest BCUT2D eigenvalue weighted by atomic mass is 10.1. The first kappa shape index (κ1) is 25.9. The molecule has 162 valence electrons. The number of rotatable bonds is 9. The highest BCUT2D eigenvalue weighted by atomic mass is 127. The van der Waals surface area contributed by atoms with Gasteiger partial charge in [0.05, 0.1) is 23.6 Å². The molecule has 0 aromatic carbocycles. The summed E-state index contributed by atoms with van der Waals surface area (Å²) in [4.78, 5) is 7.85. The highest BCUT2D eigenvalue weighted by Crippen LogP contribution is 2.26. The van der Waals surface area contributed by atoms with Gasteiger partial charge in [0.2, 0.25) is 0 Å². The number of aliphatic hydroxyl groups excluding tert-OH is 1. The number of halogens is 2. The summed E-state index contributed by atoms with van der Waals surface area (Å²) in [5.74, 6) is 0.765. The van der Waals surface area contributed by atoms with Crippen LogP contribution in [0, 0.1) is 0 Å². The van der Waals surface area contributed by atoms with Crippen LogP contribution in [0.5, 0.6) is 0 Å². The van der Waals surface area contributed by atoms with Gasteiger partial charge < -0.3 is 25.4 Å². The normalized spacial score (nSPS) is 17.4.